The van der Waals surface area contributed by atoms with Gasteiger partial charge in [0.15, 0.2) is 9.84 Å². The molecule has 0 amide bonds. The number of aliphatic hydroxyl groups excluding tert-OH is 1. The molecule has 0 aromatic carbocycles. The molecule has 2 atom stereocenters. The molecule has 1 aromatic heterocycles. The van der Waals surface area contributed by atoms with Gasteiger partial charge in [0.05, 0.1) is 17.6 Å². The second-order valence-corrected chi connectivity index (χ2v) is 8.02. The lowest BCUT2D eigenvalue weighted by atomic mass is 10.0. The summed E-state index contributed by atoms with van der Waals surface area (Å²) in [5.41, 5.74) is 0. The Bertz CT molecular complexity index is 461. The van der Waals surface area contributed by atoms with Crippen LogP contribution in [0.1, 0.15) is 28.7 Å². The molecule has 1 aromatic rings. The van der Waals surface area contributed by atoms with Gasteiger partial charge in [0, 0.05) is 9.75 Å². The molecule has 1 N–H and O–H groups in total. The monoisotopic (exact) mass is 260 g/mol. The Labute approximate surface area is 100 Å². The largest absolute Gasteiger partial charge is 0.388 e. The van der Waals surface area contributed by atoms with Gasteiger partial charge in [-0.25, -0.2) is 8.42 Å². The zero-order valence-electron chi connectivity index (χ0n) is 9.22. The van der Waals surface area contributed by atoms with Crippen molar-refractivity contribution in [3.8, 4) is 0 Å². The van der Waals surface area contributed by atoms with E-state index in [1.807, 2.05) is 19.1 Å². The minimum Gasteiger partial charge on any atom is -0.388 e. The molecular formula is C11H16O3S2. The number of sulfone groups is 1. The summed E-state index contributed by atoms with van der Waals surface area (Å²) in [5.74, 6) is 0.657. The van der Waals surface area contributed by atoms with E-state index in [1.165, 1.54) is 4.88 Å². The van der Waals surface area contributed by atoms with Crippen LogP contribution >= 0.6 is 11.3 Å². The average Bonchev–Trinajstić information content (AvgIpc) is 2.73. The summed E-state index contributed by atoms with van der Waals surface area (Å²) in [6, 6.07) is 3.91. The Morgan fingerprint density at radius 1 is 1.56 bits per heavy atom. The third-order valence-corrected chi connectivity index (χ3v) is 5.91. The van der Waals surface area contributed by atoms with Crippen LogP contribution in [0.4, 0.5) is 0 Å². The number of aryl methyl sites for hydroxylation is 1. The van der Waals surface area contributed by atoms with Crippen LogP contribution < -0.4 is 0 Å². The van der Waals surface area contributed by atoms with E-state index in [1.54, 1.807) is 11.3 Å². The molecule has 1 saturated heterocycles. The lowest BCUT2D eigenvalue weighted by Crippen LogP contribution is -2.08. The highest BCUT2D eigenvalue weighted by Gasteiger charge is 2.29. The molecule has 2 rings (SSSR count). The summed E-state index contributed by atoms with van der Waals surface area (Å²) in [6.07, 6.45) is 0.764. The lowest BCUT2D eigenvalue weighted by molar-refractivity contribution is 0.152. The van der Waals surface area contributed by atoms with Crippen molar-refractivity contribution in [1.82, 2.24) is 0 Å². The summed E-state index contributed by atoms with van der Waals surface area (Å²) in [6.45, 7) is 2.00. The van der Waals surface area contributed by atoms with Gasteiger partial charge in [-0.2, -0.15) is 0 Å². The van der Waals surface area contributed by atoms with Crippen LogP contribution in [0, 0.1) is 12.8 Å². The van der Waals surface area contributed by atoms with Gasteiger partial charge >= 0.3 is 0 Å². The van der Waals surface area contributed by atoms with E-state index in [9.17, 15) is 13.5 Å². The van der Waals surface area contributed by atoms with Crippen LogP contribution in [0.3, 0.4) is 0 Å². The second-order valence-electron chi connectivity index (χ2n) is 4.47. The van der Waals surface area contributed by atoms with Crippen LogP contribution in [0.25, 0.3) is 0 Å². The predicted octanol–water partition coefficient (Wildman–Crippen LogP) is 1.91. The quantitative estimate of drug-likeness (QED) is 0.903. The van der Waals surface area contributed by atoms with Gasteiger partial charge in [-0.15, -0.1) is 11.3 Å². The second kappa shape index (κ2) is 4.47. The molecule has 90 valence electrons. The molecule has 2 heterocycles. The number of aliphatic hydroxyl groups is 1. The topological polar surface area (TPSA) is 54.4 Å². The van der Waals surface area contributed by atoms with E-state index in [-0.39, 0.29) is 17.4 Å². The van der Waals surface area contributed by atoms with Gasteiger partial charge in [0.25, 0.3) is 0 Å². The van der Waals surface area contributed by atoms with Gasteiger partial charge in [-0.1, -0.05) is 0 Å². The summed E-state index contributed by atoms with van der Waals surface area (Å²) in [7, 11) is -2.83. The van der Waals surface area contributed by atoms with Crippen LogP contribution in [0.2, 0.25) is 0 Å². The van der Waals surface area contributed by atoms with Gasteiger partial charge in [-0.3, -0.25) is 0 Å². The van der Waals surface area contributed by atoms with Crippen molar-refractivity contribution in [2.75, 3.05) is 11.5 Å². The molecule has 0 aliphatic carbocycles. The highest BCUT2D eigenvalue weighted by atomic mass is 32.2. The zero-order valence-corrected chi connectivity index (χ0v) is 10.9. The molecule has 16 heavy (non-hydrogen) atoms. The molecule has 5 heteroatoms. The number of rotatable bonds is 3. The van der Waals surface area contributed by atoms with Crippen molar-refractivity contribution in [3.63, 3.8) is 0 Å². The molecule has 2 unspecified atom stereocenters. The van der Waals surface area contributed by atoms with E-state index < -0.39 is 15.9 Å². The minimum absolute atomic E-state index is 0.127. The smallest absolute Gasteiger partial charge is 0.150 e. The zero-order chi connectivity index (χ0) is 11.8. The minimum atomic E-state index is -2.83. The Morgan fingerprint density at radius 2 is 2.31 bits per heavy atom. The van der Waals surface area contributed by atoms with E-state index in [0.717, 1.165) is 4.88 Å². The maximum atomic E-state index is 11.3. The van der Waals surface area contributed by atoms with Crippen molar-refractivity contribution < 1.29 is 13.5 Å². The highest BCUT2D eigenvalue weighted by molar-refractivity contribution is 7.91. The van der Waals surface area contributed by atoms with Crippen molar-refractivity contribution in [2.24, 2.45) is 5.92 Å². The van der Waals surface area contributed by atoms with E-state index >= 15 is 0 Å². The van der Waals surface area contributed by atoms with Crippen molar-refractivity contribution in [2.45, 2.75) is 25.9 Å². The van der Waals surface area contributed by atoms with Gasteiger partial charge < -0.3 is 5.11 Å². The van der Waals surface area contributed by atoms with Crippen molar-refractivity contribution >= 4 is 21.2 Å². The molecule has 0 saturated carbocycles. The van der Waals surface area contributed by atoms with Crippen LogP contribution in [0.15, 0.2) is 12.1 Å². The third-order valence-electron chi connectivity index (χ3n) is 2.97. The summed E-state index contributed by atoms with van der Waals surface area (Å²) in [4.78, 5) is 2.12. The predicted molar refractivity (Wildman–Crippen MR) is 65.4 cm³/mol. The van der Waals surface area contributed by atoms with Crippen LogP contribution in [-0.4, -0.2) is 25.0 Å². The highest BCUT2D eigenvalue weighted by Crippen LogP contribution is 2.31. The maximum Gasteiger partial charge on any atom is 0.150 e. The normalized spacial score (nSPS) is 25.8. The first kappa shape index (κ1) is 12.1. The fraction of sp³-hybridized carbons (Fsp3) is 0.636. The lowest BCUT2D eigenvalue weighted by Gasteiger charge is -2.12. The standard InChI is InChI=1S/C11H16O3S2/c1-8-2-3-11(15-8)10(12)6-9-4-5-16(13,14)7-9/h2-3,9-10,12H,4-7H2,1H3. The Kier molecular flexibility index (Phi) is 3.37. The Balaban J connectivity index is 1.96. The SMILES string of the molecule is Cc1ccc(C(O)CC2CCS(=O)(=O)C2)s1. The van der Waals surface area contributed by atoms with E-state index in [2.05, 4.69) is 0 Å². The number of hydrogen-bond acceptors (Lipinski definition) is 4. The fourth-order valence-electron chi connectivity index (χ4n) is 2.12. The van der Waals surface area contributed by atoms with E-state index in [0.29, 0.717) is 12.8 Å². The van der Waals surface area contributed by atoms with Crippen molar-refractivity contribution in [3.05, 3.63) is 21.9 Å². The van der Waals surface area contributed by atoms with Gasteiger partial charge in [-0.05, 0) is 37.8 Å². The molecular weight excluding hydrogens is 244 g/mol. The summed E-state index contributed by atoms with van der Waals surface area (Å²) >= 11 is 1.58. The fourth-order valence-corrected chi connectivity index (χ4v) is 4.88. The van der Waals surface area contributed by atoms with Gasteiger partial charge in [0.2, 0.25) is 0 Å². The Hall–Kier alpha value is -0.390. The Morgan fingerprint density at radius 3 is 2.81 bits per heavy atom. The molecule has 0 bridgehead atoms. The summed E-state index contributed by atoms with van der Waals surface area (Å²) < 4.78 is 22.6. The third kappa shape index (κ3) is 2.84. The average molecular weight is 260 g/mol. The first-order chi connectivity index (χ1) is 7.46. The molecule has 1 aliphatic rings. The van der Waals surface area contributed by atoms with Crippen molar-refractivity contribution in [1.29, 1.82) is 0 Å². The maximum absolute atomic E-state index is 11.3. The first-order valence-electron chi connectivity index (χ1n) is 5.41. The molecule has 3 nitrogen and oxygen atoms in total. The molecule has 1 aliphatic heterocycles. The van der Waals surface area contributed by atoms with E-state index in [4.69, 9.17) is 0 Å². The van der Waals surface area contributed by atoms with Crippen LogP contribution in [0.5, 0.6) is 0 Å². The summed E-state index contributed by atoms with van der Waals surface area (Å²) in [5, 5.41) is 9.98. The van der Waals surface area contributed by atoms with Crippen LogP contribution in [-0.2, 0) is 9.84 Å². The molecule has 0 radical (unpaired) electrons. The number of thiophene rings is 1. The first-order valence-corrected chi connectivity index (χ1v) is 8.05. The molecule has 1 fully saturated rings. The molecule has 0 spiro atoms. The number of hydrogen-bond donors (Lipinski definition) is 1. The van der Waals surface area contributed by atoms with Gasteiger partial charge in [0.1, 0.15) is 0 Å².